The van der Waals surface area contributed by atoms with Crippen LogP contribution in [0.5, 0.6) is 0 Å². The molecule has 1 aliphatic heterocycles. The fourth-order valence-corrected chi connectivity index (χ4v) is 2.22. The number of carboxylic acids is 1. The molecule has 0 saturated carbocycles. The molecule has 6 heteroatoms. The molecule has 0 unspecified atom stereocenters. The van der Waals surface area contributed by atoms with Crippen LogP contribution < -0.4 is 0 Å². The lowest BCUT2D eigenvalue weighted by Crippen LogP contribution is -2.41. The predicted octanol–water partition coefficient (Wildman–Crippen LogP) is 0.418. The number of hydrogen-bond donors (Lipinski definition) is 1. The number of amides is 1. The van der Waals surface area contributed by atoms with Crippen molar-refractivity contribution in [3.05, 3.63) is 17.5 Å². The number of likely N-dealkylation sites (tertiary alicyclic amines) is 1. The molecule has 1 N–H and O–H groups in total. The maximum Gasteiger partial charge on any atom is 0.326 e. The average Bonchev–Trinajstić information content (AvgIpc) is 2.83. The van der Waals surface area contributed by atoms with Gasteiger partial charge >= 0.3 is 5.97 Å². The Hall–Kier alpha value is -1.85. The van der Waals surface area contributed by atoms with E-state index in [9.17, 15) is 9.59 Å². The lowest BCUT2D eigenvalue weighted by molar-refractivity contribution is -0.141. The van der Waals surface area contributed by atoms with Crippen molar-refractivity contribution in [2.75, 3.05) is 6.54 Å². The van der Waals surface area contributed by atoms with E-state index in [-0.39, 0.29) is 5.91 Å². The summed E-state index contributed by atoms with van der Waals surface area (Å²) in [5.74, 6) is -1.19. The quantitative estimate of drug-likeness (QED) is 0.808. The van der Waals surface area contributed by atoms with Crippen LogP contribution in [0.25, 0.3) is 0 Å². The highest BCUT2D eigenvalue weighted by Gasteiger charge is 2.35. The van der Waals surface area contributed by atoms with Crippen molar-refractivity contribution in [2.45, 2.75) is 25.8 Å². The van der Waals surface area contributed by atoms with Gasteiger partial charge in [-0.1, -0.05) is 0 Å². The van der Waals surface area contributed by atoms with Crippen LogP contribution in [0, 0.1) is 6.92 Å². The first kappa shape index (κ1) is 11.6. The van der Waals surface area contributed by atoms with E-state index in [1.165, 1.54) is 9.58 Å². The molecule has 17 heavy (non-hydrogen) atoms. The smallest absolute Gasteiger partial charge is 0.326 e. The van der Waals surface area contributed by atoms with Gasteiger partial charge in [-0.2, -0.15) is 5.10 Å². The van der Waals surface area contributed by atoms with Crippen LogP contribution in [0.2, 0.25) is 0 Å². The van der Waals surface area contributed by atoms with E-state index in [1.807, 2.05) is 0 Å². The van der Waals surface area contributed by atoms with Crippen molar-refractivity contribution < 1.29 is 14.7 Å². The molecule has 1 saturated heterocycles. The molecule has 0 aliphatic carbocycles. The third kappa shape index (κ3) is 2.02. The van der Waals surface area contributed by atoms with E-state index >= 15 is 0 Å². The summed E-state index contributed by atoms with van der Waals surface area (Å²) in [6.07, 6.45) is 1.26. The highest BCUT2D eigenvalue weighted by atomic mass is 16.4. The number of rotatable bonds is 2. The Morgan fingerprint density at radius 2 is 2.24 bits per heavy atom. The molecule has 1 aromatic heterocycles. The van der Waals surface area contributed by atoms with Gasteiger partial charge in [0.1, 0.15) is 11.7 Å². The zero-order valence-corrected chi connectivity index (χ0v) is 9.88. The van der Waals surface area contributed by atoms with Crippen LogP contribution in [-0.4, -0.2) is 44.3 Å². The third-order valence-corrected chi connectivity index (χ3v) is 3.02. The van der Waals surface area contributed by atoms with Gasteiger partial charge in [-0.3, -0.25) is 9.48 Å². The molecule has 0 radical (unpaired) electrons. The maximum atomic E-state index is 12.2. The van der Waals surface area contributed by atoms with Gasteiger partial charge in [-0.05, 0) is 25.8 Å². The van der Waals surface area contributed by atoms with E-state index in [0.717, 1.165) is 12.1 Å². The monoisotopic (exact) mass is 237 g/mol. The van der Waals surface area contributed by atoms with Crippen LogP contribution >= 0.6 is 0 Å². The Kier molecular flexibility index (Phi) is 2.87. The van der Waals surface area contributed by atoms with Crippen LogP contribution in [0.3, 0.4) is 0 Å². The van der Waals surface area contributed by atoms with Gasteiger partial charge in [0.15, 0.2) is 0 Å². The van der Waals surface area contributed by atoms with Gasteiger partial charge in [0.25, 0.3) is 5.91 Å². The number of carbonyl (C=O) groups excluding carboxylic acids is 1. The predicted molar refractivity (Wildman–Crippen MR) is 59.6 cm³/mol. The Morgan fingerprint density at radius 1 is 1.53 bits per heavy atom. The molecule has 1 amide bonds. The number of aliphatic carboxylic acids is 1. The zero-order chi connectivity index (χ0) is 12.6. The number of hydrogen-bond acceptors (Lipinski definition) is 3. The fourth-order valence-electron chi connectivity index (χ4n) is 2.22. The van der Waals surface area contributed by atoms with Gasteiger partial charge in [-0.25, -0.2) is 4.79 Å². The first-order valence-electron chi connectivity index (χ1n) is 5.55. The molecular weight excluding hydrogens is 222 g/mol. The minimum atomic E-state index is -0.935. The molecular formula is C11H15N3O3. The van der Waals surface area contributed by atoms with Gasteiger partial charge in [-0.15, -0.1) is 0 Å². The SMILES string of the molecule is Cc1cc(C(=O)N2CCC[C@@H]2C(=O)O)n(C)n1. The van der Waals surface area contributed by atoms with Gasteiger partial charge in [0.2, 0.25) is 0 Å². The van der Waals surface area contributed by atoms with E-state index in [0.29, 0.717) is 18.7 Å². The highest BCUT2D eigenvalue weighted by molar-refractivity contribution is 5.95. The van der Waals surface area contributed by atoms with Crippen LogP contribution in [-0.2, 0) is 11.8 Å². The van der Waals surface area contributed by atoms with E-state index in [1.54, 1.807) is 20.0 Å². The van der Waals surface area contributed by atoms with Crippen LogP contribution in [0.1, 0.15) is 29.0 Å². The molecule has 1 atom stereocenters. The van der Waals surface area contributed by atoms with Gasteiger partial charge < -0.3 is 10.0 Å². The summed E-state index contributed by atoms with van der Waals surface area (Å²) in [5.41, 5.74) is 1.19. The van der Waals surface area contributed by atoms with E-state index in [4.69, 9.17) is 5.11 Å². The molecule has 0 aromatic carbocycles. The first-order chi connectivity index (χ1) is 8.00. The number of nitrogens with zero attached hydrogens (tertiary/aromatic N) is 3. The first-order valence-corrected chi connectivity index (χ1v) is 5.55. The van der Waals surface area contributed by atoms with Crippen LogP contribution in [0.4, 0.5) is 0 Å². The number of aryl methyl sites for hydroxylation is 2. The molecule has 1 aromatic rings. The minimum absolute atomic E-state index is 0.252. The maximum absolute atomic E-state index is 12.2. The lowest BCUT2D eigenvalue weighted by atomic mass is 10.2. The summed E-state index contributed by atoms with van der Waals surface area (Å²) >= 11 is 0. The largest absolute Gasteiger partial charge is 0.480 e. The van der Waals surface area contributed by atoms with Crippen molar-refractivity contribution in [1.82, 2.24) is 14.7 Å². The van der Waals surface area contributed by atoms with Crippen molar-refractivity contribution in [2.24, 2.45) is 7.05 Å². The number of carboxylic acid groups (broad SMARTS) is 1. The van der Waals surface area contributed by atoms with Crippen molar-refractivity contribution in [3.8, 4) is 0 Å². The average molecular weight is 237 g/mol. The summed E-state index contributed by atoms with van der Waals surface area (Å²) < 4.78 is 1.49. The molecule has 0 spiro atoms. The zero-order valence-electron chi connectivity index (χ0n) is 9.88. The molecule has 2 heterocycles. The summed E-state index contributed by atoms with van der Waals surface area (Å²) in [4.78, 5) is 24.6. The van der Waals surface area contributed by atoms with Crippen molar-refractivity contribution in [1.29, 1.82) is 0 Å². The van der Waals surface area contributed by atoms with Crippen molar-refractivity contribution in [3.63, 3.8) is 0 Å². The molecule has 92 valence electrons. The van der Waals surface area contributed by atoms with Gasteiger partial charge in [0, 0.05) is 13.6 Å². The second-order valence-electron chi connectivity index (χ2n) is 4.29. The number of carbonyl (C=O) groups is 2. The Labute approximate surface area is 98.8 Å². The van der Waals surface area contributed by atoms with E-state index < -0.39 is 12.0 Å². The molecule has 0 bridgehead atoms. The Bertz CT molecular complexity index is 467. The van der Waals surface area contributed by atoms with E-state index in [2.05, 4.69) is 5.10 Å². The third-order valence-electron chi connectivity index (χ3n) is 3.02. The molecule has 1 aliphatic rings. The summed E-state index contributed by atoms with van der Waals surface area (Å²) in [7, 11) is 1.69. The van der Waals surface area contributed by atoms with Crippen LogP contribution in [0.15, 0.2) is 6.07 Å². The second kappa shape index (κ2) is 4.20. The normalized spacial score (nSPS) is 19.6. The summed E-state index contributed by atoms with van der Waals surface area (Å²) in [6, 6.07) is 0.984. The highest BCUT2D eigenvalue weighted by Crippen LogP contribution is 2.20. The molecule has 2 rings (SSSR count). The summed E-state index contributed by atoms with van der Waals surface area (Å²) in [6.45, 7) is 2.30. The molecule has 6 nitrogen and oxygen atoms in total. The standard InChI is InChI=1S/C11H15N3O3/c1-7-6-9(13(2)12-7)10(15)14-5-3-4-8(14)11(16)17/h6,8H,3-5H2,1-2H3,(H,16,17)/t8-/m1/s1. The lowest BCUT2D eigenvalue weighted by Gasteiger charge is -2.21. The molecule has 1 fully saturated rings. The Morgan fingerprint density at radius 3 is 2.76 bits per heavy atom. The topological polar surface area (TPSA) is 75.4 Å². The Balaban J connectivity index is 2.25. The number of aromatic nitrogens is 2. The minimum Gasteiger partial charge on any atom is -0.480 e. The second-order valence-corrected chi connectivity index (χ2v) is 4.29. The van der Waals surface area contributed by atoms with Gasteiger partial charge in [0.05, 0.1) is 5.69 Å². The summed E-state index contributed by atoms with van der Waals surface area (Å²) in [5, 5.41) is 13.1. The fraction of sp³-hybridized carbons (Fsp3) is 0.545. The van der Waals surface area contributed by atoms with Crippen molar-refractivity contribution >= 4 is 11.9 Å².